The van der Waals surface area contributed by atoms with Gasteiger partial charge in [-0.05, 0) is 35.7 Å². The van der Waals surface area contributed by atoms with Crippen LogP contribution in [0.4, 0.5) is 5.69 Å². The second-order valence-corrected chi connectivity index (χ2v) is 5.51. The number of fused-ring (bicyclic) bond motifs is 1. The Balaban J connectivity index is 1.93. The van der Waals surface area contributed by atoms with Crippen molar-refractivity contribution in [3.8, 4) is 11.5 Å². The highest BCUT2D eigenvalue weighted by atomic mass is 16.3. The van der Waals surface area contributed by atoms with E-state index in [0.29, 0.717) is 18.7 Å². The first kappa shape index (κ1) is 14.3. The van der Waals surface area contributed by atoms with Crippen molar-refractivity contribution in [2.45, 2.75) is 20.0 Å². The summed E-state index contributed by atoms with van der Waals surface area (Å²) in [6, 6.07) is 8.63. The van der Waals surface area contributed by atoms with Crippen LogP contribution in [-0.4, -0.2) is 28.1 Å². The maximum absolute atomic E-state index is 12.7. The molecular formula is C17H18N2O3. The average molecular weight is 298 g/mol. The van der Waals surface area contributed by atoms with Crippen molar-refractivity contribution in [3.05, 3.63) is 52.6 Å². The molecule has 1 amide bonds. The van der Waals surface area contributed by atoms with Crippen LogP contribution < -0.4 is 5.32 Å². The van der Waals surface area contributed by atoms with E-state index in [4.69, 9.17) is 0 Å². The Kier molecular flexibility index (Phi) is 3.41. The molecule has 0 saturated carbocycles. The molecule has 2 aromatic rings. The summed E-state index contributed by atoms with van der Waals surface area (Å²) >= 11 is 0. The van der Waals surface area contributed by atoms with Crippen molar-refractivity contribution in [1.82, 2.24) is 4.90 Å². The van der Waals surface area contributed by atoms with Crippen molar-refractivity contribution >= 4 is 11.6 Å². The van der Waals surface area contributed by atoms with E-state index in [9.17, 15) is 15.0 Å². The molecule has 0 spiro atoms. The highest BCUT2D eigenvalue weighted by Crippen LogP contribution is 2.33. The first-order valence-corrected chi connectivity index (χ1v) is 7.11. The van der Waals surface area contributed by atoms with Gasteiger partial charge in [-0.25, -0.2) is 0 Å². The number of nitrogens with one attached hydrogen (secondary N) is 1. The Morgan fingerprint density at radius 2 is 2.00 bits per heavy atom. The van der Waals surface area contributed by atoms with Gasteiger partial charge >= 0.3 is 0 Å². The van der Waals surface area contributed by atoms with Crippen molar-refractivity contribution < 1.29 is 15.0 Å². The van der Waals surface area contributed by atoms with Crippen LogP contribution in [0.2, 0.25) is 0 Å². The normalized spacial score (nSPS) is 13.1. The molecule has 0 aliphatic carbocycles. The van der Waals surface area contributed by atoms with Crippen LogP contribution in [0.3, 0.4) is 0 Å². The summed E-state index contributed by atoms with van der Waals surface area (Å²) in [6.07, 6.45) is 0. The largest absolute Gasteiger partial charge is 0.508 e. The SMILES string of the molecule is CNc1cccc2c1CN(C(=O)c1c(C)cc(O)cc1O)C2. The zero-order valence-corrected chi connectivity index (χ0v) is 12.6. The van der Waals surface area contributed by atoms with Crippen LogP contribution in [0.15, 0.2) is 30.3 Å². The molecule has 2 aromatic carbocycles. The fourth-order valence-corrected chi connectivity index (χ4v) is 2.99. The zero-order chi connectivity index (χ0) is 15.9. The third kappa shape index (κ3) is 2.24. The van der Waals surface area contributed by atoms with Crippen LogP contribution in [-0.2, 0) is 13.1 Å². The van der Waals surface area contributed by atoms with Gasteiger partial charge in [-0.15, -0.1) is 0 Å². The molecule has 114 valence electrons. The van der Waals surface area contributed by atoms with E-state index in [1.807, 2.05) is 25.2 Å². The lowest BCUT2D eigenvalue weighted by Crippen LogP contribution is -2.26. The van der Waals surface area contributed by atoms with Crippen LogP contribution in [0.5, 0.6) is 11.5 Å². The van der Waals surface area contributed by atoms with E-state index in [1.54, 1.807) is 11.8 Å². The van der Waals surface area contributed by atoms with Gasteiger partial charge in [0.2, 0.25) is 0 Å². The molecule has 0 fully saturated rings. The molecule has 1 heterocycles. The third-order valence-corrected chi connectivity index (χ3v) is 4.05. The number of phenolic OH excluding ortho intramolecular Hbond substituents is 2. The average Bonchev–Trinajstić information content (AvgIpc) is 2.89. The van der Waals surface area contributed by atoms with Crippen molar-refractivity contribution in [2.24, 2.45) is 0 Å². The number of amides is 1. The van der Waals surface area contributed by atoms with E-state index < -0.39 is 0 Å². The van der Waals surface area contributed by atoms with Gasteiger partial charge in [0, 0.05) is 31.9 Å². The molecule has 0 unspecified atom stereocenters. The molecule has 0 aromatic heterocycles. The fourth-order valence-electron chi connectivity index (χ4n) is 2.99. The molecule has 0 bridgehead atoms. The fraction of sp³-hybridized carbons (Fsp3) is 0.235. The quantitative estimate of drug-likeness (QED) is 0.797. The topological polar surface area (TPSA) is 72.8 Å². The summed E-state index contributed by atoms with van der Waals surface area (Å²) in [7, 11) is 1.86. The predicted molar refractivity (Wildman–Crippen MR) is 84.1 cm³/mol. The molecule has 5 nitrogen and oxygen atoms in total. The number of nitrogens with zero attached hydrogens (tertiary/aromatic N) is 1. The Morgan fingerprint density at radius 1 is 1.23 bits per heavy atom. The van der Waals surface area contributed by atoms with Gasteiger partial charge in [0.1, 0.15) is 11.5 Å². The minimum Gasteiger partial charge on any atom is -0.508 e. The van der Waals surface area contributed by atoms with Crippen molar-refractivity contribution in [2.75, 3.05) is 12.4 Å². The Morgan fingerprint density at radius 3 is 2.68 bits per heavy atom. The molecular weight excluding hydrogens is 280 g/mol. The zero-order valence-electron chi connectivity index (χ0n) is 12.6. The summed E-state index contributed by atoms with van der Waals surface area (Å²) in [5, 5.41) is 22.6. The molecule has 0 radical (unpaired) electrons. The third-order valence-electron chi connectivity index (χ3n) is 4.05. The van der Waals surface area contributed by atoms with E-state index in [0.717, 1.165) is 16.8 Å². The Labute approximate surface area is 128 Å². The van der Waals surface area contributed by atoms with E-state index >= 15 is 0 Å². The van der Waals surface area contributed by atoms with Crippen LogP contribution >= 0.6 is 0 Å². The monoisotopic (exact) mass is 298 g/mol. The molecule has 3 rings (SSSR count). The number of anilines is 1. The van der Waals surface area contributed by atoms with E-state index in [-0.39, 0.29) is 23.0 Å². The van der Waals surface area contributed by atoms with Crippen LogP contribution in [0.1, 0.15) is 27.0 Å². The van der Waals surface area contributed by atoms with E-state index in [1.165, 1.54) is 12.1 Å². The molecule has 3 N–H and O–H groups in total. The number of hydrogen-bond acceptors (Lipinski definition) is 4. The summed E-state index contributed by atoms with van der Waals surface area (Å²) in [6.45, 7) is 2.73. The molecule has 5 heteroatoms. The van der Waals surface area contributed by atoms with Gasteiger partial charge in [0.05, 0.1) is 5.56 Å². The summed E-state index contributed by atoms with van der Waals surface area (Å²) in [4.78, 5) is 14.4. The molecule has 22 heavy (non-hydrogen) atoms. The lowest BCUT2D eigenvalue weighted by Gasteiger charge is -2.18. The highest BCUT2D eigenvalue weighted by molar-refractivity contribution is 5.99. The standard InChI is InChI=1S/C17H18N2O3/c1-10-6-12(20)7-15(21)16(10)17(22)19-8-11-4-3-5-14(18-2)13(11)9-19/h3-7,18,20-21H,8-9H2,1-2H3. The maximum atomic E-state index is 12.7. The van der Waals surface area contributed by atoms with Gasteiger partial charge in [0.15, 0.2) is 0 Å². The first-order chi connectivity index (χ1) is 10.5. The smallest absolute Gasteiger partial charge is 0.258 e. The van der Waals surface area contributed by atoms with Gasteiger partial charge in [-0.3, -0.25) is 4.79 Å². The predicted octanol–water partition coefficient (Wildman–Crippen LogP) is 2.60. The summed E-state index contributed by atoms with van der Waals surface area (Å²) < 4.78 is 0. The van der Waals surface area contributed by atoms with Gasteiger partial charge < -0.3 is 20.4 Å². The Hall–Kier alpha value is -2.69. The number of rotatable bonds is 2. The van der Waals surface area contributed by atoms with Crippen molar-refractivity contribution in [1.29, 1.82) is 0 Å². The second-order valence-electron chi connectivity index (χ2n) is 5.51. The van der Waals surface area contributed by atoms with Gasteiger partial charge in [-0.1, -0.05) is 12.1 Å². The highest BCUT2D eigenvalue weighted by Gasteiger charge is 2.28. The minimum atomic E-state index is -0.228. The number of aryl methyl sites for hydroxylation is 1. The number of phenols is 2. The van der Waals surface area contributed by atoms with E-state index in [2.05, 4.69) is 5.32 Å². The lowest BCUT2D eigenvalue weighted by molar-refractivity contribution is 0.0747. The number of carbonyl (C=O) groups excluding carboxylic acids is 1. The maximum Gasteiger partial charge on any atom is 0.258 e. The summed E-state index contributed by atoms with van der Waals surface area (Å²) in [5.41, 5.74) is 4.04. The minimum absolute atomic E-state index is 0.0475. The number of carbonyl (C=O) groups is 1. The molecule has 1 aliphatic heterocycles. The van der Waals surface area contributed by atoms with Crippen molar-refractivity contribution in [3.63, 3.8) is 0 Å². The van der Waals surface area contributed by atoms with Crippen LogP contribution in [0.25, 0.3) is 0 Å². The van der Waals surface area contributed by atoms with Gasteiger partial charge in [0.25, 0.3) is 5.91 Å². The first-order valence-electron chi connectivity index (χ1n) is 7.11. The molecule has 0 saturated heterocycles. The summed E-state index contributed by atoms with van der Waals surface area (Å²) in [5.74, 6) is -0.464. The molecule has 1 aliphatic rings. The number of aromatic hydroxyl groups is 2. The van der Waals surface area contributed by atoms with Crippen LogP contribution in [0, 0.1) is 6.92 Å². The second kappa shape index (κ2) is 5.26. The Bertz CT molecular complexity index is 733. The molecule has 0 atom stereocenters. The number of benzene rings is 2. The lowest BCUT2D eigenvalue weighted by atomic mass is 10.1. The number of hydrogen-bond donors (Lipinski definition) is 3. The van der Waals surface area contributed by atoms with Gasteiger partial charge in [-0.2, -0.15) is 0 Å².